The van der Waals surface area contributed by atoms with E-state index in [1.54, 1.807) is 25.3 Å². The third-order valence-electron chi connectivity index (χ3n) is 2.58. The second-order valence-electron chi connectivity index (χ2n) is 4.03. The van der Waals surface area contributed by atoms with Gasteiger partial charge in [-0.15, -0.1) is 0 Å². The van der Waals surface area contributed by atoms with Crippen LogP contribution in [0.15, 0.2) is 48.8 Å². The van der Waals surface area contributed by atoms with E-state index in [1.807, 2.05) is 24.3 Å². The van der Waals surface area contributed by atoms with Crippen molar-refractivity contribution in [3.8, 4) is 5.75 Å². The smallest absolute Gasteiger partial charge is 0.324 e. The fourth-order valence-electron chi connectivity index (χ4n) is 1.64. The highest BCUT2D eigenvalue weighted by molar-refractivity contribution is 6.30. The van der Waals surface area contributed by atoms with Gasteiger partial charge in [-0.1, -0.05) is 29.8 Å². The summed E-state index contributed by atoms with van der Waals surface area (Å²) >= 11 is 5.81. The molecule has 0 saturated carbocycles. The number of benzene rings is 1. The van der Waals surface area contributed by atoms with Crippen LogP contribution in [0.5, 0.6) is 5.75 Å². The highest BCUT2D eigenvalue weighted by atomic mass is 35.5. The zero-order chi connectivity index (χ0) is 15.1. The predicted octanol–water partition coefficient (Wildman–Crippen LogP) is 3.54. The molecule has 2 N–H and O–H groups in total. The third-order valence-corrected chi connectivity index (χ3v) is 2.81. The molecule has 1 heterocycles. The first-order chi connectivity index (χ1) is 10.2. The lowest BCUT2D eigenvalue weighted by Crippen LogP contribution is -2.24. The summed E-state index contributed by atoms with van der Waals surface area (Å²) in [7, 11) is 1.59. The first kappa shape index (κ1) is 14.9. The van der Waals surface area contributed by atoms with Crippen LogP contribution in [-0.4, -0.2) is 18.1 Å². The molecular formula is C15H14ClN3O2. The van der Waals surface area contributed by atoms with E-state index in [1.165, 1.54) is 12.4 Å². The van der Waals surface area contributed by atoms with Gasteiger partial charge in [0.05, 0.1) is 7.11 Å². The molecule has 0 radical (unpaired) electrons. The van der Waals surface area contributed by atoms with Gasteiger partial charge < -0.3 is 10.1 Å². The molecule has 5 nitrogen and oxygen atoms in total. The predicted molar refractivity (Wildman–Crippen MR) is 83.4 cm³/mol. The van der Waals surface area contributed by atoms with E-state index in [9.17, 15) is 4.79 Å². The fraction of sp³-hybridized carbons (Fsp3) is 0.0667. The van der Waals surface area contributed by atoms with Gasteiger partial charge in [-0.2, -0.15) is 0 Å². The zero-order valence-corrected chi connectivity index (χ0v) is 12.1. The van der Waals surface area contributed by atoms with Gasteiger partial charge in [0, 0.05) is 23.0 Å². The Hall–Kier alpha value is -2.53. The molecular weight excluding hydrogens is 290 g/mol. The number of pyridine rings is 1. The zero-order valence-electron chi connectivity index (χ0n) is 11.3. The molecule has 2 aromatic rings. The number of rotatable bonds is 4. The van der Waals surface area contributed by atoms with Crippen molar-refractivity contribution in [3.05, 3.63) is 59.4 Å². The number of carbonyl (C=O) groups is 1. The SMILES string of the molecule is COc1ccccc1/C=C/NC(=O)Nc1cc(Cl)ccn1. The number of anilines is 1. The van der Waals surface area contributed by atoms with E-state index in [-0.39, 0.29) is 0 Å². The molecule has 108 valence electrons. The molecule has 0 bridgehead atoms. The molecule has 0 aliphatic rings. The Morgan fingerprint density at radius 3 is 2.90 bits per heavy atom. The molecule has 1 aromatic carbocycles. The van der Waals surface area contributed by atoms with E-state index >= 15 is 0 Å². The van der Waals surface area contributed by atoms with Crippen molar-refractivity contribution in [1.82, 2.24) is 10.3 Å². The Morgan fingerprint density at radius 2 is 2.14 bits per heavy atom. The van der Waals surface area contributed by atoms with Gasteiger partial charge >= 0.3 is 6.03 Å². The summed E-state index contributed by atoms with van der Waals surface area (Å²) in [4.78, 5) is 15.7. The third kappa shape index (κ3) is 4.50. The number of aromatic nitrogens is 1. The van der Waals surface area contributed by atoms with Gasteiger partial charge in [-0.25, -0.2) is 9.78 Å². The van der Waals surface area contributed by atoms with Crippen LogP contribution < -0.4 is 15.4 Å². The number of carbonyl (C=O) groups excluding carboxylic acids is 1. The van der Waals surface area contributed by atoms with Gasteiger partial charge in [-0.3, -0.25) is 5.32 Å². The van der Waals surface area contributed by atoms with Crippen molar-refractivity contribution in [3.63, 3.8) is 0 Å². The van der Waals surface area contributed by atoms with E-state index in [0.29, 0.717) is 10.8 Å². The molecule has 0 aliphatic heterocycles. The highest BCUT2D eigenvalue weighted by Gasteiger charge is 2.01. The largest absolute Gasteiger partial charge is 0.496 e. The second-order valence-corrected chi connectivity index (χ2v) is 4.47. The van der Waals surface area contributed by atoms with Crippen LogP contribution in [0.3, 0.4) is 0 Å². The summed E-state index contributed by atoms with van der Waals surface area (Å²) in [6.45, 7) is 0. The van der Waals surface area contributed by atoms with Gasteiger partial charge in [0.2, 0.25) is 0 Å². The Bertz CT molecular complexity index is 659. The number of methoxy groups -OCH3 is 1. The lowest BCUT2D eigenvalue weighted by Gasteiger charge is -2.05. The summed E-state index contributed by atoms with van der Waals surface area (Å²) in [5.41, 5.74) is 0.862. The molecule has 0 spiro atoms. The van der Waals surface area contributed by atoms with Crippen LogP contribution in [0.4, 0.5) is 10.6 Å². The molecule has 2 amide bonds. The molecule has 0 saturated heterocycles. The number of hydrogen-bond acceptors (Lipinski definition) is 3. The number of ether oxygens (including phenoxy) is 1. The monoisotopic (exact) mass is 303 g/mol. The van der Waals surface area contributed by atoms with E-state index in [2.05, 4.69) is 15.6 Å². The number of amides is 2. The van der Waals surface area contributed by atoms with Gasteiger partial charge in [0.15, 0.2) is 0 Å². The van der Waals surface area contributed by atoms with Crippen LogP contribution in [-0.2, 0) is 0 Å². The van der Waals surface area contributed by atoms with E-state index in [0.717, 1.165) is 11.3 Å². The van der Waals surface area contributed by atoms with E-state index < -0.39 is 6.03 Å². The number of urea groups is 1. The topological polar surface area (TPSA) is 63.2 Å². The van der Waals surface area contributed by atoms with Gasteiger partial charge in [-0.05, 0) is 24.3 Å². The first-order valence-electron chi connectivity index (χ1n) is 6.17. The maximum Gasteiger partial charge on any atom is 0.324 e. The standard InChI is InChI=1S/C15H14ClN3O2/c1-21-13-5-3-2-4-11(13)6-8-18-15(20)19-14-10-12(16)7-9-17-14/h2-10H,1H3,(H2,17,18,19,20)/b8-6+. The quantitative estimate of drug-likeness (QED) is 0.908. The van der Waals surface area contributed by atoms with Crippen LogP contribution in [0, 0.1) is 0 Å². The van der Waals surface area contributed by atoms with Crippen molar-refractivity contribution in [2.75, 3.05) is 12.4 Å². The molecule has 0 unspecified atom stereocenters. The number of hydrogen-bond donors (Lipinski definition) is 2. The molecule has 0 fully saturated rings. The molecule has 0 atom stereocenters. The van der Waals surface area contributed by atoms with Crippen molar-refractivity contribution in [2.24, 2.45) is 0 Å². The second kappa shape index (κ2) is 7.31. The summed E-state index contributed by atoms with van der Waals surface area (Å²) in [5.74, 6) is 1.11. The van der Waals surface area contributed by atoms with Crippen molar-refractivity contribution >= 4 is 29.5 Å². The highest BCUT2D eigenvalue weighted by Crippen LogP contribution is 2.18. The lowest BCUT2D eigenvalue weighted by atomic mass is 10.2. The van der Waals surface area contributed by atoms with Crippen LogP contribution in [0.1, 0.15) is 5.56 Å². The number of nitrogens with zero attached hydrogens (tertiary/aromatic N) is 1. The Morgan fingerprint density at radius 1 is 1.33 bits per heavy atom. The summed E-state index contributed by atoms with van der Waals surface area (Å²) < 4.78 is 5.21. The summed E-state index contributed by atoms with van der Waals surface area (Å²) in [6, 6.07) is 10.3. The summed E-state index contributed by atoms with van der Waals surface area (Å²) in [6.07, 6.45) is 4.78. The molecule has 1 aromatic heterocycles. The number of halogens is 1. The fourth-order valence-corrected chi connectivity index (χ4v) is 1.80. The normalized spacial score (nSPS) is 10.4. The van der Waals surface area contributed by atoms with Crippen LogP contribution >= 0.6 is 11.6 Å². The summed E-state index contributed by atoms with van der Waals surface area (Å²) in [5, 5.41) is 5.66. The number of nitrogens with one attached hydrogen (secondary N) is 2. The maximum atomic E-state index is 11.7. The maximum absolute atomic E-state index is 11.7. The molecule has 2 rings (SSSR count). The Labute approximate surface area is 127 Å². The van der Waals surface area contributed by atoms with Crippen LogP contribution in [0.2, 0.25) is 5.02 Å². The minimum atomic E-state index is -0.407. The lowest BCUT2D eigenvalue weighted by molar-refractivity contribution is 0.255. The average Bonchev–Trinajstić information content (AvgIpc) is 2.47. The molecule has 6 heteroatoms. The van der Waals surface area contributed by atoms with Crippen molar-refractivity contribution in [1.29, 1.82) is 0 Å². The van der Waals surface area contributed by atoms with Gasteiger partial charge in [0.1, 0.15) is 11.6 Å². The van der Waals surface area contributed by atoms with Crippen molar-refractivity contribution in [2.45, 2.75) is 0 Å². The minimum absolute atomic E-state index is 0.380. The van der Waals surface area contributed by atoms with Crippen LogP contribution in [0.25, 0.3) is 6.08 Å². The van der Waals surface area contributed by atoms with E-state index in [4.69, 9.17) is 16.3 Å². The Balaban J connectivity index is 1.93. The minimum Gasteiger partial charge on any atom is -0.496 e. The van der Waals surface area contributed by atoms with Gasteiger partial charge in [0.25, 0.3) is 0 Å². The van der Waals surface area contributed by atoms with Crippen molar-refractivity contribution < 1.29 is 9.53 Å². The molecule has 0 aliphatic carbocycles. The average molecular weight is 304 g/mol. The Kier molecular flexibility index (Phi) is 5.17. The number of para-hydroxylation sites is 1. The molecule has 21 heavy (non-hydrogen) atoms. The first-order valence-corrected chi connectivity index (χ1v) is 6.55.